The van der Waals surface area contributed by atoms with Crippen LogP contribution >= 0.6 is 0 Å². The van der Waals surface area contributed by atoms with E-state index < -0.39 is 5.60 Å². The van der Waals surface area contributed by atoms with E-state index in [0.29, 0.717) is 0 Å². The number of hydrogen-bond donors (Lipinski definition) is 2. The van der Waals surface area contributed by atoms with Gasteiger partial charge in [0.1, 0.15) is 0 Å². The van der Waals surface area contributed by atoms with Gasteiger partial charge in [-0.15, -0.1) is 0 Å². The predicted molar refractivity (Wildman–Crippen MR) is 88.4 cm³/mol. The molecule has 0 spiro atoms. The summed E-state index contributed by atoms with van der Waals surface area (Å²) in [5.74, 6) is 0. The molecule has 1 aromatic carbocycles. The lowest BCUT2D eigenvalue weighted by atomic mass is 10.1. The Kier molecular flexibility index (Phi) is 5.62. The summed E-state index contributed by atoms with van der Waals surface area (Å²) < 4.78 is 0. The highest BCUT2D eigenvalue weighted by atomic mass is 16.3. The molecule has 1 aromatic rings. The largest absolute Gasteiger partial charge is 0.399 e. The lowest BCUT2D eigenvalue weighted by Gasteiger charge is -2.37. The molecule has 1 fully saturated rings. The number of anilines is 1. The van der Waals surface area contributed by atoms with Crippen LogP contribution in [0.4, 0.5) is 5.69 Å². The van der Waals surface area contributed by atoms with Gasteiger partial charge in [0.25, 0.3) is 0 Å². The summed E-state index contributed by atoms with van der Waals surface area (Å²) in [6.07, 6.45) is 2.27. The van der Waals surface area contributed by atoms with E-state index in [0.717, 1.165) is 51.4 Å². The Morgan fingerprint density at radius 3 is 2.43 bits per heavy atom. The molecule has 1 aliphatic rings. The SMILES string of the molecule is CC(C)(O)CN1CCN(CCCc2cccc(N)c2)CC1. The van der Waals surface area contributed by atoms with Gasteiger partial charge in [-0.25, -0.2) is 0 Å². The van der Waals surface area contributed by atoms with E-state index in [9.17, 15) is 5.11 Å². The lowest BCUT2D eigenvalue weighted by Crippen LogP contribution is -2.50. The van der Waals surface area contributed by atoms with E-state index in [4.69, 9.17) is 5.73 Å². The molecule has 4 nitrogen and oxygen atoms in total. The van der Waals surface area contributed by atoms with Crippen molar-refractivity contribution in [3.05, 3.63) is 29.8 Å². The molecule has 4 heteroatoms. The number of hydrogen-bond acceptors (Lipinski definition) is 4. The molecule has 0 saturated carbocycles. The fourth-order valence-electron chi connectivity index (χ4n) is 2.97. The third-order valence-electron chi connectivity index (χ3n) is 3.97. The number of aliphatic hydroxyl groups is 1. The minimum atomic E-state index is -0.588. The summed E-state index contributed by atoms with van der Waals surface area (Å²) in [7, 11) is 0. The van der Waals surface area contributed by atoms with E-state index in [1.807, 2.05) is 26.0 Å². The molecule has 1 aliphatic heterocycles. The molecule has 1 saturated heterocycles. The number of nitrogens with two attached hydrogens (primary N) is 1. The van der Waals surface area contributed by atoms with Crippen LogP contribution in [-0.4, -0.2) is 59.8 Å². The van der Waals surface area contributed by atoms with Crippen LogP contribution in [0.15, 0.2) is 24.3 Å². The van der Waals surface area contributed by atoms with E-state index in [1.54, 1.807) is 0 Å². The number of nitrogens with zero attached hydrogens (tertiary/aromatic N) is 2. The van der Waals surface area contributed by atoms with Crippen LogP contribution in [0.3, 0.4) is 0 Å². The van der Waals surface area contributed by atoms with Crippen molar-refractivity contribution in [2.24, 2.45) is 0 Å². The quantitative estimate of drug-likeness (QED) is 0.782. The van der Waals surface area contributed by atoms with Crippen molar-refractivity contribution in [3.63, 3.8) is 0 Å². The average molecular weight is 291 g/mol. The lowest BCUT2D eigenvalue weighted by molar-refractivity contribution is 0.0177. The van der Waals surface area contributed by atoms with Gasteiger partial charge >= 0.3 is 0 Å². The molecule has 118 valence electrons. The second-order valence-electron chi connectivity index (χ2n) is 6.78. The maximum Gasteiger partial charge on any atom is 0.0718 e. The van der Waals surface area contributed by atoms with Crippen molar-refractivity contribution in [1.29, 1.82) is 0 Å². The highest BCUT2D eigenvalue weighted by Crippen LogP contribution is 2.11. The van der Waals surface area contributed by atoms with E-state index in [-0.39, 0.29) is 0 Å². The van der Waals surface area contributed by atoms with Crippen molar-refractivity contribution in [1.82, 2.24) is 9.80 Å². The summed E-state index contributed by atoms with van der Waals surface area (Å²) in [6.45, 7) is 10.00. The van der Waals surface area contributed by atoms with Gasteiger partial charge in [-0.05, 0) is 50.9 Å². The fraction of sp³-hybridized carbons (Fsp3) is 0.647. The molecule has 0 aromatic heterocycles. The predicted octanol–water partition coefficient (Wildman–Crippen LogP) is 1.59. The highest BCUT2D eigenvalue weighted by Gasteiger charge is 2.22. The zero-order valence-electron chi connectivity index (χ0n) is 13.4. The molecule has 0 unspecified atom stereocenters. The number of nitrogen functional groups attached to an aromatic ring is 1. The molecule has 0 bridgehead atoms. The Morgan fingerprint density at radius 2 is 1.81 bits per heavy atom. The van der Waals surface area contributed by atoms with Crippen molar-refractivity contribution in [2.75, 3.05) is 45.0 Å². The van der Waals surface area contributed by atoms with Gasteiger partial charge in [0.2, 0.25) is 0 Å². The maximum atomic E-state index is 9.86. The first-order chi connectivity index (χ1) is 9.92. The maximum absolute atomic E-state index is 9.86. The van der Waals surface area contributed by atoms with Crippen molar-refractivity contribution in [2.45, 2.75) is 32.3 Å². The van der Waals surface area contributed by atoms with Crippen LogP contribution in [0, 0.1) is 0 Å². The minimum absolute atomic E-state index is 0.588. The molecule has 2 rings (SSSR count). The minimum Gasteiger partial charge on any atom is -0.399 e. The van der Waals surface area contributed by atoms with Gasteiger partial charge in [-0.3, -0.25) is 4.90 Å². The molecule has 0 atom stereocenters. The Bertz CT molecular complexity index is 434. The Morgan fingerprint density at radius 1 is 1.14 bits per heavy atom. The third-order valence-corrected chi connectivity index (χ3v) is 3.97. The molecule has 0 aliphatic carbocycles. The van der Waals surface area contributed by atoms with E-state index in [1.165, 1.54) is 12.0 Å². The number of aryl methyl sites for hydroxylation is 1. The second-order valence-corrected chi connectivity index (χ2v) is 6.78. The van der Waals surface area contributed by atoms with Gasteiger partial charge in [-0.1, -0.05) is 12.1 Å². The first-order valence-corrected chi connectivity index (χ1v) is 7.94. The molecular weight excluding hydrogens is 262 g/mol. The molecule has 21 heavy (non-hydrogen) atoms. The van der Waals surface area contributed by atoms with Gasteiger partial charge in [0, 0.05) is 38.4 Å². The van der Waals surface area contributed by atoms with Crippen LogP contribution in [-0.2, 0) is 6.42 Å². The topological polar surface area (TPSA) is 52.7 Å². The molecule has 1 heterocycles. The van der Waals surface area contributed by atoms with Crippen molar-refractivity contribution in [3.8, 4) is 0 Å². The van der Waals surface area contributed by atoms with E-state index >= 15 is 0 Å². The zero-order valence-corrected chi connectivity index (χ0v) is 13.4. The number of piperazine rings is 1. The second kappa shape index (κ2) is 7.25. The normalized spacial score (nSPS) is 18.0. The fourth-order valence-corrected chi connectivity index (χ4v) is 2.97. The number of β-amino-alcohol motifs (C(OH)–C–C–N with tert-alkyl or cyclic N) is 1. The molecule has 3 N–H and O–H groups in total. The Balaban J connectivity index is 1.65. The first-order valence-electron chi connectivity index (χ1n) is 7.94. The standard InChI is InChI=1S/C17H29N3O/c1-17(2,21)14-20-11-9-19(10-12-20)8-4-6-15-5-3-7-16(18)13-15/h3,5,7,13,21H,4,6,8-12,14,18H2,1-2H3. The van der Waals surface area contributed by atoms with Gasteiger partial charge in [0.15, 0.2) is 0 Å². The average Bonchev–Trinajstić information content (AvgIpc) is 2.39. The van der Waals surface area contributed by atoms with Crippen LogP contribution < -0.4 is 5.73 Å². The van der Waals surface area contributed by atoms with Crippen LogP contribution in [0.5, 0.6) is 0 Å². The van der Waals surface area contributed by atoms with Gasteiger partial charge in [-0.2, -0.15) is 0 Å². The molecule has 0 amide bonds. The Labute approximate surface area is 128 Å². The summed E-state index contributed by atoms with van der Waals surface area (Å²) >= 11 is 0. The zero-order chi connectivity index (χ0) is 15.3. The van der Waals surface area contributed by atoms with Crippen LogP contribution in [0.1, 0.15) is 25.8 Å². The van der Waals surface area contributed by atoms with Crippen LogP contribution in [0.25, 0.3) is 0 Å². The number of benzene rings is 1. The van der Waals surface area contributed by atoms with Crippen LogP contribution in [0.2, 0.25) is 0 Å². The third kappa shape index (κ3) is 6.04. The summed E-state index contributed by atoms with van der Waals surface area (Å²) in [6, 6.07) is 8.18. The Hall–Kier alpha value is -1.10. The van der Waals surface area contributed by atoms with Crippen molar-refractivity contribution >= 4 is 5.69 Å². The summed E-state index contributed by atoms with van der Waals surface area (Å²) in [5, 5.41) is 9.86. The molecule has 0 radical (unpaired) electrons. The molecular formula is C17H29N3O. The number of rotatable bonds is 6. The summed E-state index contributed by atoms with van der Waals surface area (Å²) in [5.41, 5.74) is 7.40. The smallest absolute Gasteiger partial charge is 0.0718 e. The van der Waals surface area contributed by atoms with Crippen molar-refractivity contribution < 1.29 is 5.11 Å². The highest BCUT2D eigenvalue weighted by molar-refractivity contribution is 5.40. The first kappa shape index (κ1) is 16.3. The van der Waals surface area contributed by atoms with Gasteiger partial charge < -0.3 is 15.7 Å². The van der Waals surface area contributed by atoms with Gasteiger partial charge in [0.05, 0.1) is 5.60 Å². The monoisotopic (exact) mass is 291 g/mol. The summed E-state index contributed by atoms with van der Waals surface area (Å²) in [4.78, 5) is 4.88. The van der Waals surface area contributed by atoms with E-state index in [2.05, 4.69) is 21.9 Å².